The summed E-state index contributed by atoms with van der Waals surface area (Å²) >= 11 is 0. The van der Waals surface area contributed by atoms with E-state index in [0.717, 1.165) is 0 Å². The minimum absolute atomic E-state index is 0.461. The van der Waals surface area contributed by atoms with Gasteiger partial charge in [-0.2, -0.15) is 0 Å². The molecule has 56 valence electrons. The van der Waals surface area contributed by atoms with Crippen LogP contribution in [-0.2, 0) is 14.0 Å². The van der Waals surface area contributed by atoms with Gasteiger partial charge in [0.25, 0.3) is 0 Å². The second-order valence-corrected chi connectivity index (χ2v) is 1.58. The van der Waals surface area contributed by atoms with E-state index in [2.05, 4.69) is 5.92 Å². The lowest BCUT2D eigenvalue weighted by molar-refractivity contribution is 0.138. The van der Waals surface area contributed by atoms with Gasteiger partial charge in [0, 0.05) is 27.2 Å². The minimum atomic E-state index is -0.589. The van der Waals surface area contributed by atoms with E-state index < -0.39 is 7.32 Å². The first-order valence-corrected chi connectivity index (χ1v) is 2.95. The van der Waals surface area contributed by atoms with Crippen molar-refractivity contribution in [3.05, 3.63) is 0 Å². The molecule has 0 fully saturated rings. The van der Waals surface area contributed by atoms with Gasteiger partial charge < -0.3 is 14.0 Å². The molecule has 0 aromatic carbocycles. The van der Waals surface area contributed by atoms with Crippen LogP contribution in [0.25, 0.3) is 0 Å². The standard InChI is InChI=1S/C6H11BO3/c1-4-5-6-10-7(8-2)9-3/h1H,5-6H2,2-3H3. The third-order valence-electron chi connectivity index (χ3n) is 0.885. The Morgan fingerprint density at radius 2 is 2.00 bits per heavy atom. The Morgan fingerprint density at radius 1 is 1.40 bits per heavy atom. The summed E-state index contributed by atoms with van der Waals surface area (Å²) in [6.45, 7) is 0.461. The van der Waals surface area contributed by atoms with Crippen LogP contribution in [0.4, 0.5) is 0 Å². The fourth-order valence-corrected chi connectivity index (χ4v) is 0.446. The molecule has 0 amide bonds. The van der Waals surface area contributed by atoms with Gasteiger partial charge in [0.15, 0.2) is 0 Å². The Morgan fingerprint density at radius 3 is 2.40 bits per heavy atom. The molecule has 0 saturated heterocycles. The highest BCUT2D eigenvalue weighted by Crippen LogP contribution is 1.88. The van der Waals surface area contributed by atoms with Crippen molar-refractivity contribution in [2.75, 3.05) is 20.8 Å². The zero-order valence-corrected chi connectivity index (χ0v) is 6.29. The Bertz CT molecular complexity index is 106. The molecule has 0 aromatic rings. The van der Waals surface area contributed by atoms with Gasteiger partial charge in [-0.3, -0.25) is 0 Å². The highest BCUT2D eigenvalue weighted by Gasteiger charge is 2.15. The summed E-state index contributed by atoms with van der Waals surface area (Å²) in [5, 5.41) is 0. The highest BCUT2D eigenvalue weighted by molar-refractivity contribution is 6.36. The quantitative estimate of drug-likeness (QED) is 0.314. The Labute approximate surface area is 61.8 Å². The van der Waals surface area contributed by atoms with E-state index in [1.54, 1.807) is 0 Å². The summed E-state index contributed by atoms with van der Waals surface area (Å²) in [6, 6.07) is 0. The lowest BCUT2D eigenvalue weighted by Gasteiger charge is -2.06. The SMILES string of the molecule is C#CCCOB(OC)OC. The molecular formula is C6H11BO3. The largest absolute Gasteiger partial charge is 0.639 e. The molecule has 0 N–H and O–H groups in total. The van der Waals surface area contributed by atoms with Crippen LogP contribution >= 0.6 is 0 Å². The monoisotopic (exact) mass is 142 g/mol. The Kier molecular flexibility index (Phi) is 6.29. The molecule has 0 spiro atoms. The van der Waals surface area contributed by atoms with E-state index in [0.29, 0.717) is 13.0 Å². The highest BCUT2D eigenvalue weighted by atomic mass is 16.7. The molecule has 0 atom stereocenters. The molecule has 0 aliphatic rings. The fraction of sp³-hybridized carbons (Fsp3) is 0.667. The summed E-state index contributed by atoms with van der Waals surface area (Å²) in [5.74, 6) is 2.44. The Hall–Kier alpha value is -0.495. The molecule has 0 rings (SSSR count). The molecule has 0 radical (unpaired) electrons. The predicted molar refractivity (Wildman–Crippen MR) is 39.2 cm³/mol. The first-order valence-electron chi connectivity index (χ1n) is 2.95. The maximum absolute atomic E-state index is 4.99. The van der Waals surface area contributed by atoms with Crippen LogP contribution in [0.3, 0.4) is 0 Å². The van der Waals surface area contributed by atoms with Crippen LogP contribution in [0.5, 0.6) is 0 Å². The number of rotatable bonds is 5. The van der Waals surface area contributed by atoms with Gasteiger partial charge in [-0.15, -0.1) is 12.3 Å². The van der Waals surface area contributed by atoms with Gasteiger partial charge in [0.05, 0.1) is 0 Å². The summed E-state index contributed by atoms with van der Waals surface area (Å²) in [7, 11) is 2.42. The summed E-state index contributed by atoms with van der Waals surface area (Å²) < 4.78 is 14.5. The van der Waals surface area contributed by atoms with Crippen molar-refractivity contribution >= 4 is 7.32 Å². The first kappa shape index (κ1) is 9.50. The lowest BCUT2D eigenvalue weighted by atomic mass is 10.2. The van der Waals surface area contributed by atoms with Gasteiger partial charge in [0.1, 0.15) is 0 Å². The molecular weight excluding hydrogens is 131 g/mol. The van der Waals surface area contributed by atoms with E-state index >= 15 is 0 Å². The summed E-state index contributed by atoms with van der Waals surface area (Å²) in [6.07, 6.45) is 5.56. The number of hydrogen-bond donors (Lipinski definition) is 0. The van der Waals surface area contributed by atoms with Crippen molar-refractivity contribution in [3.8, 4) is 12.3 Å². The molecule has 10 heavy (non-hydrogen) atoms. The molecule has 0 aliphatic heterocycles. The van der Waals surface area contributed by atoms with E-state index in [9.17, 15) is 0 Å². The smallest absolute Gasteiger partial charge is 0.389 e. The molecule has 3 nitrogen and oxygen atoms in total. The molecule has 0 saturated carbocycles. The van der Waals surface area contributed by atoms with E-state index in [4.69, 9.17) is 20.4 Å². The maximum atomic E-state index is 4.99. The second-order valence-electron chi connectivity index (χ2n) is 1.58. The van der Waals surface area contributed by atoms with Gasteiger partial charge in [0.2, 0.25) is 0 Å². The van der Waals surface area contributed by atoms with Gasteiger partial charge >= 0.3 is 7.32 Å². The zero-order valence-electron chi connectivity index (χ0n) is 6.29. The van der Waals surface area contributed by atoms with Crippen LogP contribution in [0.15, 0.2) is 0 Å². The average molecular weight is 142 g/mol. The maximum Gasteiger partial charge on any atom is 0.639 e. The van der Waals surface area contributed by atoms with Crippen LogP contribution in [0, 0.1) is 12.3 Å². The normalized spacial score (nSPS) is 8.90. The van der Waals surface area contributed by atoms with Gasteiger partial charge in [-0.1, -0.05) is 0 Å². The van der Waals surface area contributed by atoms with Crippen LogP contribution in [0.2, 0.25) is 0 Å². The van der Waals surface area contributed by atoms with Crippen molar-refractivity contribution in [1.82, 2.24) is 0 Å². The molecule has 0 aromatic heterocycles. The van der Waals surface area contributed by atoms with Gasteiger partial charge in [-0.25, -0.2) is 0 Å². The summed E-state index contributed by atoms with van der Waals surface area (Å²) in [5.41, 5.74) is 0. The number of terminal acetylenes is 1. The molecule has 0 bridgehead atoms. The van der Waals surface area contributed by atoms with E-state index in [1.807, 2.05) is 0 Å². The van der Waals surface area contributed by atoms with Crippen LogP contribution in [0.1, 0.15) is 6.42 Å². The van der Waals surface area contributed by atoms with E-state index in [-0.39, 0.29) is 0 Å². The average Bonchev–Trinajstić information content (AvgIpc) is 1.99. The van der Waals surface area contributed by atoms with Crippen molar-refractivity contribution in [1.29, 1.82) is 0 Å². The van der Waals surface area contributed by atoms with Crippen molar-refractivity contribution in [2.45, 2.75) is 6.42 Å². The molecule has 4 heteroatoms. The minimum Gasteiger partial charge on any atom is -0.389 e. The third kappa shape index (κ3) is 4.39. The molecule has 0 unspecified atom stereocenters. The topological polar surface area (TPSA) is 27.7 Å². The van der Waals surface area contributed by atoms with Crippen LogP contribution < -0.4 is 0 Å². The third-order valence-corrected chi connectivity index (χ3v) is 0.885. The lowest BCUT2D eigenvalue weighted by Crippen LogP contribution is -2.24. The number of hydrogen-bond acceptors (Lipinski definition) is 3. The van der Waals surface area contributed by atoms with Gasteiger partial charge in [-0.05, 0) is 0 Å². The molecule has 0 aliphatic carbocycles. The van der Waals surface area contributed by atoms with Crippen LogP contribution in [-0.4, -0.2) is 28.1 Å². The molecule has 0 heterocycles. The second kappa shape index (κ2) is 6.62. The fourth-order valence-electron chi connectivity index (χ4n) is 0.446. The predicted octanol–water partition coefficient (Wildman–Crippen LogP) is 0.304. The van der Waals surface area contributed by atoms with E-state index in [1.165, 1.54) is 14.2 Å². The first-order chi connectivity index (χ1) is 4.85. The van der Waals surface area contributed by atoms with Crippen molar-refractivity contribution < 1.29 is 14.0 Å². The van der Waals surface area contributed by atoms with Crippen molar-refractivity contribution in [3.63, 3.8) is 0 Å². The summed E-state index contributed by atoms with van der Waals surface area (Å²) in [4.78, 5) is 0. The Balaban J connectivity index is 3.19. The zero-order chi connectivity index (χ0) is 7.82. The van der Waals surface area contributed by atoms with Crippen molar-refractivity contribution in [2.24, 2.45) is 0 Å².